The summed E-state index contributed by atoms with van der Waals surface area (Å²) in [6.07, 6.45) is 16.5. The van der Waals surface area contributed by atoms with E-state index in [4.69, 9.17) is 0 Å². The van der Waals surface area contributed by atoms with E-state index in [9.17, 15) is 0 Å². The molecule has 0 spiro atoms. The second kappa shape index (κ2) is 21.6. The second-order valence-electron chi connectivity index (χ2n) is 21.7. The molecule has 0 radical (unpaired) electrons. The average molecular weight is 760 g/mol. The van der Waals surface area contributed by atoms with Crippen LogP contribution in [0.3, 0.4) is 0 Å². The minimum atomic E-state index is 0.269. The SMILES string of the molecule is CN1CCN(C2CCC(NC(C)(C)C)CC2)CC1.CN1CCN(C2CCC(NC(C)(C)C)CC2)CC1.CN1CCN(C2CCC(NC(C)(C)C)CC2)CC1. The van der Waals surface area contributed by atoms with Crippen molar-refractivity contribution in [3.8, 4) is 0 Å². The van der Waals surface area contributed by atoms with E-state index >= 15 is 0 Å². The van der Waals surface area contributed by atoms with Crippen LogP contribution in [0.25, 0.3) is 0 Å². The zero-order valence-corrected chi connectivity index (χ0v) is 38.1. The van der Waals surface area contributed by atoms with Crippen LogP contribution in [0.4, 0.5) is 0 Å². The zero-order valence-electron chi connectivity index (χ0n) is 38.1. The van der Waals surface area contributed by atoms with Gasteiger partial charge in [-0.25, -0.2) is 0 Å². The fourth-order valence-electron chi connectivity index (χ4n) is 10.2. The first kappa shape index (κ1) is 46.3. The predicted molar refractivity (Wildman–Crippen MR) is 234 cm³/mol. The maximum atomic E-state index is 3.76. The molecule has 3 heterocycles. The molecule has 6 fully saturated rings. The standard InChI is InChI=1S/3C15H31N3/c3*1-15(2,3)16-13-5-7-14(8-6-13)18-11-9-17(4)10-12-18/h3*13-14,16H,5-12H2,1-4H3. The van der Waals surface area contributed by atoms with Gasteiger partial charge < -0.3 is 30.7 Å². The molecule has 3 saturated carbocycles. The molecule has 0 aromatic carbocycles. The molecular formula is C45H93N9. The average Bonchev–Trinajstić information content (AvgIpc) is 3.09. The fourth-order valence-corrected chi connectivity index (χ4v) is 10.2. The molecule has 9 heteroatoms. The number of hydrogen-bond acceptors (Lipinski definition) is 9. The summed E-state index contributed by atoms with van der Waals surface area (Å²) in [4.78, 5) is 15.5. The Morgan fingerprint density at radius 1 is 0.296 bits per heavy atom. The van der Waals surface area contributed by atoms with Crippen LogP contribution in [-0.4, -0.2) is 182 Å². The largest absolute Gasteiger partial charge is 0.309 e. The monoisotopic (exact) mass is 760 g/mol. The van der Waals surface area contributed by atoms with Crippen molar-refractivity contribution in [2.75, 3.05) is 99.7 Å². The van der Waals surface area contributed by atoms with Crippen LogP contribution < -0.4 is 16.0 Å². The Hall–Kier alpha value is -0.360. The number of nitrogens with zero attached hydrogens (tertiary/aromatic N) is 6. The minimum Gasteiger partial charge on any atom is -0.309 e. The molecule has 0 bridgehead atoms. The van der Waals surface area contributed by atoms with Gasteiger partial charge in [-0.2, -0.15) is 0 Å². The molecule has 3 N–H and O–H groups in total. The van der Waals surface area contributed by atoms with Gasteiger partial charge in [-0.05, 0) is 161 Å². The van der Waals surface area contributed by atoms with Crippen LogP contribution in [0, 0.1) is 0 Å². The van der Waals surface area contributed by atoms with E-state index in [0.717, 1.165) is 36.3 Å². The summed E-state index contributed by atoms with van der Waals surface area (Å²) < 4.78 is 0. The van der Waals surface area contributed by atoms with E-state index in [0.29, 0.717) is 0 Å². The number of hydrogen-bond donors (Lipinski definition) is 3. The van der Waals surface area contributed by atoms with Gasteiger partial charge in [-0.1, -0.05) is 0 Å². The van der Waals surface area contributed by atoms with E-state index in [1.165, 1.54) is 156 Å². The van der Waals surface area contributed by atoms with E-state index < -0.39 is 0 Å². The maximum Gasteiger partial charge on any atom is 0.0113 e. The summed E-state index contributed by atoms with van der Waals surface area (Å²) >= 11 is 0. The highest BCUT2D eigenvalue weighted by molar-refractivity contribution is 4.90. The molecule has 0 amide bonds. The normalized spacial score (nSPS) is 32.7. The Labute approximate surface area is 336 Å². The first-order chi connectivity index (χ1) is 25.3. The van der Waals surface area contributed by atoms with Gasteiger partial charge in [0.2, 0.25) is 0 Å². The van der Waals surface area contributed by atoms with Crippen LogP contribution in [0.15, 0.2) is 0 Å². The summed E-state index contributed by atoms with van der Waals surface area (Å²) in [5, 5.41) is 11.3. The van der Waals surface area contributed by atoms with Crippen LogP contribution in [0.5, 0.6) is 0 Å². The van der Waals surface area contributed by atoms with Crippen molar-refractivity contribution in [2.45, 2.75) is 192 Å². The molecule has 318 valence electrons. The molecule has 6 rings (SSSR count). The zero-order chi connectivity index (χ0) is 39.5. The Morgan fingerprint density at radius 3 is 0.648 bits per heavy atom. The highest BCUT2D eigenvalue weighted by Crippen LogP contribution is 2.28. The van der Waals surface area contributed by atoms with Crippen LogP contribution >= 0.6 is 0 Å². The predicted octanol–water partition coefficient (Wildman–Crippen LogP) is 5.80. The minimum absolute atomic E-state index is 0.269. The molecule has 54 heavy (non-hydrogen) atoms. The fraction of sp³-hybridized carbons (Fsp3) is 1.00. The second-order valence-corrected chi connectivity index (χ2v) is 21.7. The molecular weight excluding hydrogens is 667 g/mol. The van der Waals surface area contributed by atoms with Crippen molar-refractivity contribution in [3.05, 3.63) is 0 Å². The molecule has 6 aliphatic rings. The van der Waals surface area contributed by atoms with Crippen molar-refractivity contribution in [1.29, 1.82) is 0 Å². The van der Waals surface area contributed by atoms with E-state index in [1.54, 1.807) is 0 Å². The van der Waals surface area contributed by atoms with E-state index in [2.05, 4.69) is 129 Å². The highest BCUT2D eigenvalue weighted by Gasteiger charge is 2.31. The van der Waals surface area contributed by atoms with Gasteiger partial charge in [-0.15, -0.1) is 0 Å². The number of piperazine rings is 3. The first-order valence-corrected chi connectivity index (χ1v) is 22.9. The lowest BCUT2D eigenvalue weighted by Crippen LogP contribution is -2.52. The van der Waals surface area contributed by atoms with Crippen LogP contribution in [0.2, 0.25) is 0 Å². The molecule has 3 saturated heterocycles. The van der Waals surface area contributed by atoms with Gasteiger partial charge in [0.15, 0.2) is 0 Å². The van der Waals surface area contributed by atoms with Crippen molar-refractivity contribution >= 4 is 0 Å². The topological polar surface area (TPSA) is 55.5 Å². The molecule has 9 nitrogen and oxygen atoms in total. The van der Waals surface area contributed by atoms with Gasteiger partial charge in [0.1, 0.15) is 0 Å². The lowest BCUT2D eigenvalue weighted by Gasteiger charge is -2.42. The number of likely N-dealkylation sites (N-methyl/N-ethyl adjacent to an activating group) is 3. The molecule has 3 aliphatic heterocycles. The third kappa shape index (κ3) is 17.6. The Morgan fingerprint density at radius 2 is 0.481 bits per heavy atom. The van der Waals surface area contributed by atoms with Crippen LogP contribution in [0.1, 0.15) is 139 Å². The highest BCUT2D eigenvalue weighted by atomic mass is 15.3. The third-order valence-corrected chi connectivity index (χ3v) is 13.2. The lowest BCUT2D eigenvalue weighted by molar-refractivity contribution is 0.0829. The summed E-state index contributed by atoms with van der Waals surface area (Å²) in [5.41, 5.74) is 0.808. The van der Waals surface area contributed by atoms with E-state index in [-0.39, 0.29) is 16.6 Å². The maximum absolute atomic E-state index is 3.76. The molecule has 0 atom stereocenters. The summed E-state index contributed by atoms with van der Waals surface area (Å²) in [6, 6.07) is 4.81. The smallest absolute Gasteiger partial charge is 0.0113 e. The summed E-state index contributed by atoms with van der Waals surface area (Å²) in [5.74, 6) is 0. The van der Waals surface area contributed by atoms with Gasteiger partial charge in [0.05, 0.1) is 0 Å². The van der Waals surface area contributed by atoms with Crippen molar-refractivity contribution in [2.24, 2.45) is 0 Å². The summed E-state index contributed by atoms with van der Waals surface area (Å²) in [7, 11) is 6.71. The lowest BCUT2D eigenvalue weighted by atomic mass is 9.88. The molecule has 0 unspecified atom stereocenters. The molecule has 3 aliphatic carbocycles. The van der Waals surface area contributed by atoms with Gasteiger partial charge >= 0.3 is 0 Å². The van der Waals surface area contributed by atoms with Crippen molar-refractivity contribution in [1.82, 2.24) is 45.3 Å². The molecule has 0 aromatic heterocycles. The van der Waals surface area contributed by atoms with E-state index in [1.807, 2.05) is 0 Å². The first-order valence-electron chi connectivity index (χ1n) is 22.9. The number of rotatable bonds is 6. The number of nitrogens with one attached hydrogen (secondary N) is 3. The third-order valence-electron chi connectivity index (χ3n) is 13.2. The van der Waals surface area contributed by atoms with Crippen molar-refractivity contribution in [3.63, 3.8) is 0 Å². The van der Waals surface area contributed by atoms with Gasteiger partial charge in [0.25, 0.3) is 0 Å². The van der Waals surface area contributed by atoms with Crippen LogP contribution in [-0.2, 0) is 0 Å². The van der Waals surface area contributed by atoms with Gasteiger partial charge in [0, 0.05) is 131 Å². The van der Waals surface area contributed by atoms with Crippen molar-refractivity contribution < 1.29 is 0 Å². The molecule has 0 aromatic rings. The Kier molecular flexibility index (Phi) is 18.5. The summed E-state index contributed by atoms with van der Waals surface area (Å²) in [6.45, 7) is 35.7. The van der Waals surface area contributed by atoms with Gasteiger partial charge in [-0.3, -0.25) is 14.7 Å². The quantitative estimate of drug-likeness (QED) is 0.312. The Bertz CT molecular complexity index is 857. The Balaban J connectivity index is 0.000000180.